The van der Waals surface area contributed by atoms with E-state index in [0.717, 1.165) is 10.5 Å². The van der Waals surface area contributed by atoms with Crippen molar-refractivity contribution in [3.8, 4) is 0 Å². The minimum Gasteiger partial charge on any atom is -0.480 e. The second kappa shape index (κ2) is 8.26. The third kappa shape index (κ3) is 4.03. The van der Waals surface area contributed by atoms with Gasteiger partial charge in [-0.2, -0.15) is 0 Å². The molecule has 1 heterocycles. The van der Waals surface area contributed by atoms with Gasteiger partial charge in [-0.1, -0.05) is 37.3 Å². The van der Waals surface area contributed by atoms with Crippen LogP contribution >= 0.6 is 0 Å². The quantitative estimate of drug-likeness (QED) is 0.729. The molecular weight excluding hydrogens is 372 g/mol. The van der Waals surface area contributed by atoms with Crippen LogP contribution < -0.4 is 0 Å². The molecule has 0 spiro atoms. The normalized spacial score (nSPS) is 13.9. The maximum Gasteiger partial charge on any atom is 0.323 e. The Balaban J connectivity index is 1.89. The molecule has 2 aromatic rings. The standard InChI is InChI=1S/C22H22N2O5/c1-3-14(2)23(13-19(25)26)20(27)16-9-10-17-18(11-16)22(29)24(21(17)28)12-15-7-5-4-6-8-15/h4-11,14H,3,12-13H2,1-2H3,(H,25,26). The van der Waals surface area contributed by atoms with Gasteiger partial charge in [0.1, 0.15) is 6.54 Å². The minimum absolute atomic E-state index is 0.147. The molecule has 1 unspecified atom stereocenters. The highest BCUT2D eigenvalue weighted by atomic mass is 16.4. The van der Waals surface area contributed by atoms with E-state index in [0.29, 0.717) is 6.42 Å². The number of imide groups is 1. The molecule has 0 saturated heterocycles. The molecule has 3 rings (SSSR count). The maximum atomic E-state index is 12.9. The third-order valence-corrected chi connectivity index (χ3v) is 5.09. The number of carbonyl (C=O) groups is 4. The second-order valence-corrected chi connectivity index (χ2v) is 7.03. The summed E-state index contributed by atoms with van der Waals surface area (Å²) in [5.74, 6) is -2.46. The molecule has 3 amide bonds. The number of amides is 3. The largest absolute Gasteiger partial charge is 0.480 e. The number of carboxylic acid groups (broad SMARTS) is 1. The summed E-state index contributed by atoms with van der Waals surface area (Å²) in [4.78, 5) is 51.9. The zero-order chi connectivity index (χ0) is 21.1. The zero-order valence-corrected chi connectivity index (χ0v) is 16.3. The van der Waals surface area contributed by atoms with Crippen molar-refractivity contribution >= 4 is 23.7 Å². The van der Waals surface area contributed by atoms with Crippen molar-refractivity contribution in [1.82, 2.24) is 9.80 Å². The highest BCUT2D eigenvalue weighted by Gasteiger charge is 2.36. The van der Waals surface area contributed by atoms with Crippen LogP contribution in [-0.4, -0.2) is 51.2 Å². The monoisotopic (exact) mass is 394 g/mol. The Bertz CT molecular complexity index is 970. The van der Waals surface area contributed by atoms with E-state index >= 15 is 0 Å². The van der Waals surface area contributed by atoms with Crippen LogP contribution in [0.15, 0.2) is 48.5 Å². The molecule has 150 valence electrons. The summed E-state index contributed by atoms with van der Waals surface area (Å²) < 4.78 is 0. The molecule has 0 saturated carbocycles. The number of hydrogen-bond donors (Lipinski definition) is 1. The molecule has 0 aromatic heterocycles. The summed E-state index contributed by atoms with van der Waals surface area (Å²) in [6.45, 7) is 3.34. The van der Waals surface area contributed by atoms with E-state index in [1.54, 1.807) is 6.92 Å². The molecule has 1 atom stereocenters. The first-order valence-electron chi connectivity index (χ1n) is 9.40. The lowest BCUT2D eigenvalue weighted by molar-refractivity contribution is -0.138. The van der Waals surface area contributed by atoms with Crippen LogP contribution in [0.1, 0.15) is 56.9 Å². The lowest BCUT2D eigenvalue weighted by Gasteiger charge is -2.27. The molecule has 1 aliphatic rings. The van der Waals surface area contributed by atoms with Gasteiger partial charge in [-0.3, -0.25) is 24.1 Å². The molecule has 0 bridgehead atoms. The van der Waals surface area contributed by atoms with E-state index in [9.17, 15) is 19.2 Å². The van der Waals surface area contributed by atoms with Gasteiger partial charge in [-0.25, -0.2) is 0 Å². The van der Waals surface area contributed by atoms with Crippen LogP contribution in [0, 0.1) is 0 Å². The van der Waals surface area contributed by atoms with Crippen molar-refractivity contribution in [1.29, 1.82) is 0 Å². The fourth-order valence-corrected chi connectivity index (χ4v) is 3.29. The number of aliphatic carboxylic acids is 1. The number of carbonyl (C=O) groups excluding carboxylic acids is 3. The predicted molar refractivity (Wildman–Crippen MR) is 106 cm³/mol. The van der Waals surface area contributed by atoms with Crippen LogP contribution in [0.2, 0.25) is 0 Å². The average Bonchev–Trinajstić information content (AvgIpc) is 2.96. The highest BCUT2D eigenvalue weighted by Crippen LogP contribution is 2.26. The van der Waals surface area contributed by atoms with Crippen molar-refractivity contribution in [2.45, 2.75) is 32.9 Å². The van der Waals surface area contributed by atoms with Gasteiger partial charge in [0, 0.05) is 11.6 Å². The van der Waals surface area contributed by atoms with Gasteiger partial charge >= 0.3 is 5.97 Å². The van der Waals surface area contributed by atoms with Crippen molar-refractivity contribution < 1.29 is 24.3 Å². The van der Waals surface area contributed by atoms with Crippen molar-refractivity contribution in [2.75, 3.05) is 6.54 Å². The lowest BCUT2D eigenvalue weighted by atomic mass is 10.0. The molecule has 0 aliphatic carbocycles. The van der Waals surface area contributed by atoms with Gasteiger partial charge < -0.3 is 10.0 Å². The van der Waals surface area contributed by atoms with Gasteiger partial charge in [0.25, 0.3) is 17.7 Å². The van der Waals surface area contributed by atoms with Crippen LogP contribution in [0.3, 0.4) is 0 Å². The van der Waals surface area contributed by atoms with Gasteiger partial charge in [-0.05, 0) is 37.1 Å². The third-order valence-electron chi connectivity index (χ3n) is 5.09. The Hall–Kier alpha value is -3.48. The molecule has 2 aromatic carbocycles. The molecule has 1 N–H and O–H groups in total. The molecule has 7 heteroatoms. The summed E-state index contributed by atoms with van der Waals surface area (Å²) in [6.07, 6.45) is 0.590. The van der Waals surface area contributed by atoms with Crippen LogP contribution in [0.25, 0.3) is 0 Å². The van der Waals surface area contributed by atoms with Crippen LogP contribution in [-0.2, 0) is 11.3 Å². The van der Waals surface area contributed by atoms with Crippen LogP contribution in [0.4, 0.5) is 0 Å². The summed E-state index contributed by atoms with van der Waals surface area (Å²) in [6, 6.07) is 13.2. The first kappa shape index (κ1) is 20.3. The molecule has 1 aliphatic heterocycles. The van der Waals surface area contributed by atoms with Gasteiger partial charge in [0.2, 0.25) is 0 Å². The zero-order valence-electron chi connectivity index (χ0n) is 16.3. The maximum absolute atomic E-state index is 12.9. The van der Waals surface area contributed by atoms with E-state index in [1.165, 1.54) is 23.1 Å². The summed E-state index contributed by atoms with van der Waals surface area (Å²) in [7, 11) is 0. The Morgan fingerprint density at radius 2 is 1.69 bits per heavy atom. The number of fused-ring (bicyclic) bond motifs is 1. The predicted octanol–water partition coefficient (Wildman–Crippen LogP) is 2.81. The average molecular weight is 394 g/mol. The smallest absolute Gasteiger partial charge is 0.323 e. The fourth-order valence-electron chi connectivity index (χ4n) is 3.29. The number of rotatable bonds is 7. The summed E-state index contributed by atoms with van der Waals surface area (Å²) >= 11 is 0. The molecule has 0 radical (unpaired) electrons. The Labute approximate surface area is 168 Å². The van der Waals surface area contributed by atoms with Crippen molar-refractivity contribution in [3.05, 3.63) is 70.8 Å². The highest BCUT2D eigenvalue weighted by molar-refractivity contribution is 6.22. The molecular formula is C22H22N2O5. The first-order chi connectivity index (χ1) is 13.8. The van der Waals surface area contributed by atoms with E-state index in [4.69, 9.17) is 5.11 Å². The Kier molecular flexibility index (Phi) is 5.77. The lowest BCUT2D eigenvalue weighted by Crippen LogP contribution is -2.41. The topological polar surface area (TPSA) is 95.0 Å². The summed E-state index contributed by atoms with van der Waals surface area (Å²) in [5, 5.41) is 9.13. The minimum atomic E-state index is -1.11. The van der Waals surface area contributed by atoms with E-state index < -0.39 is 30.2 Å². The Morgan fingerprint density at radius 3 is 2.31 bits per heavy atom. The first-order valence-corrected chi connectivity index (χ1v) is 9.40. The molecule has 0 fully saturated rings. The SMILES string of the molecule is CCC(C)N(CC(=O)O)C(=O)c1ccc2c(c1)C(=O)N(Cc1ccccc1)C2=O. The molecule has 29 heavy (non-hydrogen) atoms. The number of hydrogen-bond acceptors (Lipinski definition) is 4. The number of carboxylic acids is 1. The van der Waals surface area contributed by atoms with Gasteiger partial charge in [0.05, 0.1) is 17.7 Å². The Morgan fingerprint density at radius 1 is 1.03 bits per heavy atom. The fraction of sp³-hybridized carbons (Fsp3) is 0.273. The second-order valence-electron chi connectivity index (χ2n) is 7.03. The van der Waals surface area contributed by atoms with E-state index in [2.05, 4.69) is 0 Å². The van der Waals surface area contributed by atoms with E-state index in [1.807, 2.05) is 37.3 Å². The summed E-state index contributed by atoms with van der Waals surface area (Å²) in [5.41, 5.74) is 1.42. The van der Waals surface area contributed by atoms with E-state index in [-0.39, 0.29) is 29.3 Å². The van der Waals surface area contributed by atoms with Gasteiger partial charge in [-0.15, -0.1) is 0 Å². The molecule has 7 nitrogen and oxygen atoms in total. The number of nitrogens with zero attached hydrogens (tertiary/aromatic N) is 2. The van der Waals surface area contributed by atoms with Crippen LogP contribution in [0.5, 0.6) is 0 Å². The van der Waals surface area contributed by atoms with Gasteiger partial charge in [0.15, 0.2) is 0 Å². The van der Waals surface area contributed by atoms with Crippen molar-refractivity contribution in [3.63, 3.8) is 0 Å². The number of benzene rings is 2. The van der Waals surface area contributed by atoms with Crippen molar-refractivity contribution in [2.24, 2.45) is 0 Å².